The lowest BCUT2D eigenvalue weighted by Crippen LogP contribution is -2.55. The van der Waals surface area contributed by atoms with Gasteiger partial charge in [0.05, 0.1) is 5.60 Å². The number of carboxylic acid groups (broad SMARTS) is 1. The van der Waals surface area contributed by atoms with Gasteiger partial charge in [0, 0.05) is 5.57 Å². The Labute approximate surface area is 108 Å². The molecule has 4 bridgehead atoms. The number of aliphatic carboxylic acids is 1. The summed E-state index contributed by atoms with van der Waals surface area (Å²) >= 11 is 0. The van der Waals surface area contributed by atoms with E-state index in [0.717, 1.165) is 25.7 Å². The van der Waals surface area contributed by atoms with E-state index in [9.17, 15) is 9.90 Å². The van der Waals surface area contributed by atoms with Crippen molar-refractivity contribution in [2.75, 3.05) is 0 Å². The van der Waals surface area contributed by atoms with Gasteiger partial charge in [-0.1, -0.05) is 6.58 Å². The lowest BCUT2D eigenvalue weighted by atomic mass is 9.47. The Morgan fingerprint density at radius 3 is 2.33 bits per heavy atom. The summed E-state index contributed by atoms with van der Waals surface area (Å²) < 4.78 is 0. The molecule has 100 valence electrons. The van der Waals surface area contributed by atoms with Gasteiger partial charge in [0.15, 0.2) is 0 Å². The molecule has 0 aromatic carbocycles. The van der Waals surface area contributed by atoms with Crippen LogP contribution in [0, 0.1) is 17.3 Å². The van der Waals surface area contributed by atoms with E-state index >= 15 is 0 Å². The Morgan fingerprint density at radius 2 is 1.83 bits per heavy atom. The van der Waals surface area contributed by atoms with E-state index in [1.54, 1.807) is 0 Å². The van der Waals surface area contributed by atoms with Crippen molar-refractivity contribution in [3.05, 3.63) is 12.2 Å². The summed E-state index contributed by atoms with van der Waals surface area (Å²) in [6.45, 7) is 3.63. The molecule has 0 heterocycles. The quantitative estimate of drug-likeness (QED) is 0.754. The van der Waals surface area contributed by atoms with Crippen molar-refractivity contribution in [2.45, 2.75) is 57.0 Å². The minimum Gasteiger partial charge on any atom is -0.478 e. The molecule has 0 spiro atoms. The van der Waals surface area contributed by atoms with Gasteiger partial charge in [-0.25, -0.2) is 4.79 Å². The molecule has 4 aliphatic rings. The van der Waals surface area contributed by atoms with Gasteiger partial charge in [0.1, 0.15) is 0 Å². The van der Waals surface area contributed by atoms with E-state index in [0.29, 0.717) is 23.8 Å². The van der Waals surface area contributed by atoms with Crippen LogP contribution in [0.3, 0.4) is 0 Å². The number of aliphatic hydroxyl groups is 1. The number of carbonyl (C=O) groups is 1. The maximum absolute atomic E-state index is 10.8. The van der Waals surface area contributed by atoms with Gasteiger partial charge < -0.3 is 10.2 Å². The summed E-state index contributed by atoms with van der Waals surface area (Å²) in [4.78, 5) is 10.8. The summed E-state index contributed by atoms with van der Waals surface area (Å²) in [6.07, 6.45) is 7.98. The van der Waals surface area contributed by atoms with Crippen molar-refractivity contribution in [2.24, 2.45) is 17.3 Å². The maximum Gasteiger partial charge on any atom is 0.330 e. The molecule has 2 unspecified atom stereocenters. The molecular formula is C15H22O3. The molecule has 3 nitrogen and oxygen atoms in total. The second kappa shape index (κ2) is 3.83. The Kier molecular flexibility index (Phi) is 2.60. The van der Waals surface area contributed by atoms with Crippen molar-refractivity contribution >= 4 is 5.97 Å². The van der Waals surface area contributed by atoms with Crippen LogP contribution in [0.2, 0.25) is 0 Å². The fourth-order valence-electron chi connectivity index (χ4n) is 5.22. The van der Waals surface area contributed by atoms with E-state index in [2.05, 4.69) is 6.58 Å². The first kappa shape index (κ1) is 12.2. The van der Waals surface area contributed by atoms with Gasteiger partial charge in [-0.3, -0.25) is 0 Å². The smallest absolute Gasteiger partial charge is 0.330 e. The molecule has 0 aliphatic heterocycles. The van der Waals surface area contributed by atoms with E-state index in [1.165, 1.54) is 19.3 Å². The molecule has 18 heavy (non-hydrogen) atoms. The highest BCUT2D eigenvalue weighted by Crippen LogP contribution is 2.63. The van der Waals surface area contributed by atoms with Gasteiger partial charge in [-0.2, -0.15) is 0 Å². The molecule has 0 amide bonds. The second-order valence-corrected chi connectivity index (χ2v) is 7.09. The van der Waals surface area contributed by atoms with E-state index in [-0.39, 0.29) is 5.41 Å². The van der Waals surface area contributed by atoms with Crippen molar-refractivity contribution < 1.29 is 15.0 Å². The molecule has 0 aromatic heterocycles. The standard InChI is InChI=1S/C15H22O3/c1-10(13(16)17)2-3-14-5-11-4-12(6-14)8-15(18,7-11)9-14/h11-12,18H,1-9H2,(H,16,17). The predicted molar refractivity (Wildman–Crippen MR) is 68.1 cm³/mol. The molecule has 0 radical (unpaired) electrons. The third kappa shape index (κ3) is 1.99. The SMILES string of the molecule is C=C(CCC12CC3CC(CC(O)(C3)C1)C2)C(=O)O. The first-order chi connectivity index (χ1) is 8.40. The summed E-state index contributed by atoms with van der Waals surface area (Å²) in [7, 11) is 0. The van der Waals surface area contributed by atoms with Crippen LogP contribution in [0.5, 0.6) is 0 Å². The summed E-state index contributed by atoms with van der Waals surface area (Å²) in [5.74, 6) is 0.474. The van der Waals surface area contributed by atoms with Crippen LogP contribution in [0.1, 0.15) is 51.4 Å². The Hall–Kier alpha value is -0.830. The molecule has 4 fully saturated rings. The molecular weight excluding hydrogens is 228 g/mol. The first-order valence-electron chi connectivity index (χ1n) is 7.03. The Bertz CT molecular complexity index is 385. The summed E-state index contributed by atoms with van der Waals surface area (Å²) in [5, 5.41) is 19.5. The molecule has 4 saturated carbocycles. The molecule has 0 saturated heterocycles. The Morgan fingerprint density at radius 1 is 1.22 bits per heavy atom. The van der Waals surface area contributed by atoms with E-state index < -0.39 is 11.6 Å². The highest BCUT2D eigenvalue weighted by atomic mass is 16.4. The van der Waals surface area contributed by atoms with Crippen molar-refractivity contribution in [1.82, 2.24) is 0 Å². The normalized spacial score (nSPS) is 45.2. The molecule has 3 heteroatoms. The zero-order chi connectivity index (χ0) is 13.0. The third-order valence-electron chi connectivity index (χ3n) is 5.41. The third-order valence-corrected chi connectivity index (χ3v) is 5.41. The molecule has 2 atom stereocenters. The maximum atomic E-state index is 10.8. The van der Waals surface area contributed by atoms with Gasteiger partial charge in [0.25, 0.3) is 0 Å². The average Bonchev–Trinajstić information content (AvgIpc) is 2.22. The zero-order valence-electron chi connectivity index (χ0n) is 10.8. The van der Waals surface area contributed by atoms with Crippen LogP contribution in [-0.2, 0) is 4.79 Å². The lowest BCUT2D eigenvalue weighted by molar-refractivity contribution is -0.165. The average molecular weight is 250 g/mol. The van der Waals surface area contributed by atoms with E-state index in [4.69, 9.17) is 5.11 Å². The van der Waals surface area contributed by atoms with Crippen LogP contribution in [0.15, 0.2) is 12.2 Å². The highest BCUT2D eigenvalue weighted by molar-refractivity contribution is 5.85. The fourth-order valence-corrected chi connectivity index (χ4v) is 5.22. The van der Waals surface area contributed by atoms with Crippen LogP contribution in [0.25, 0.3) is 0 Å². The fraction of sp³-hybridized carbons (Fsp3) is 0.800. The molecule has 4 aliphatic carbocycles. The van der Waals surface area contributed by atoms with Crippen LogP contribution in [-0.4, -0.2) is 21.8 Å². The van der Waals surface area contributed by atoms with Gasteiger partial charge in [0.2, 0.25) is 0 Å². The minimum atomic E-state index is -0.876. The summed E-state index contributed by atoms with van der Waals surface area (Å²) in [6, 6.07) is 0. The first-order valence-corrected chi connectivity index (χ1v) is 7.03. The van der Waals surface area contributed by atoms with Crippen LogP contribution >= 0.6 is 0 Å². The molecule has 2 N–H and O–H groups in total. The van der Waals surface area contributed by atoms with Crippen LogP contribution < -0.4 is 0 Å². The van der Waals surface area contributed by atoms with Crippen molar-refractivity contribution in [3.63, 3.8) is 0 Å². The van der Waals surface area contributed by atoms with Gasteiger partial charge in [-0.15, -0.1) is 0 Å². The number of hydrogen-bond acceptors (Lipinski definition) is 2. The monoisotopic (exact) mass is 250 g/mol. The van der Waals surface area contributed by atoms with Gasteiger partial charge >= 0.3 is 5.97 Å². The van der Waals surface area contributed by atoms with Crippen molar-refractivity contribution in [3.8, 4) is 0 Å². The largest absolute Gasteiger partial charge is 0.478 e. The topological polar surface area (TPSA) is 57.5 Å². The number of rotatable bonds is 4. The number of hydrogen-bond donors (Lipinski definition) is 2. The van der Waals surface area contributed by atoms with Crippen molar-refractivity contribution in [1.29, 1.82) is 0 Å². The lowest BCUT2D eigenvalue weighted by Gasteiger charge is -2.60. The number of carboxylic acids is 1. The van der Waals surface area contributed by atoms with E-state index in [1.807, 2.05) is 0 Å². The highest BCUT2D eigenvalue weighted by Gasteiger charge is 2.56. The minimum absolute atomic E-state index is 0.206. The van der Waals surface area contributed by atoms with Gasteiger partial charge in [-0.05, 0) is 68.6 Å². The second-order valence-electron chi connectivity index (χ2n) is 7.09. The molecule has 0 aromatic rings. The van der Waals surface area contributed by atoms with Crippen LogP contribution in [0.4, 0.5) is 0 Å². The molecule has 4 rings (SSSR count). The Balaban J connectivity index is 1.71. The zero-order valence-corrected chi connectivity index (χ0v) is 10.8. The summed E-state index contributed by atoms with van der Waals surface area (Å²) in [5.41, 5.74) is 0.0871. The predicted octanol–water partition coefficient (Wildman–Crippen LogP) is 2.74.